The molecule has 4 rings (SSSR count). The third-order valence-corrected chi connectivity index (χ3v) is 6.71. The van der Waals surface area contributed by atoms with Crippen LogP contribution in [0.5, 0.6) is 5.75 Å². The van der Waals surface area contributed by atoms with Crippen molar-refractivity contribution in [2.75, 3.05) is 45.2 Å². The maximum atomic E-state index is 14.1. The number of nitrogens with zero attached hydrogens (tertiary/aromatic N) is 3. The highest BCUT2D eigenvalue weighted by Crippen LogP contribution is 2.53. The van der Waals surface area contributed by atoms with Crippen molar-refractivity contribution >= 4 is 29.0 Å². The van der Waals surface area contributed by atoms with Crippen LogP contribution in [-0.2, 0) is 19.9 Å². The number of anilines is 1. The Bertz CT molecular complexity index is 1200. The average molecular weight is 492 g/mol. The van der Waals surface area contributed by atoms with Gasteiger partial charge < -0.3 is 24.5 Å². The van der Waals surface area contributed by atoms with Gasteiger partial charge in [0.05, 0.1) is 17.9 Å². The molecule has 190 valence electrons. The number of carbonyl (C=O) groups is 3. The molecule has 0 bridgehead atoms. The number of para-hydroxylation sites is 1. The molecule has 1 N–H and O–H groups in total. The van der Waals surface area contributed by atoms with Gasteiger partial charge in [-0.25, -0.2) is 0 Å². The molecule has 2 aliphatic rings. The number of likely N-dealkylation sites (tertiary alicyclic amines) is 1. The smallest absolute Gasteiger partial charge is 0.296 e. The summed E-state index contributed by atoms with van der Waals surface area (Å²) in [4.78, 5) is 46.0. The largest absolute Gasteiger partial charge is 0.507 e. The van der Waals surface area contributed by atoms with Gasteiger partial charge in [0.25, 0.3) is 17.6 Å². The van der Waals surface area contributed by atoms with Crippen LogP contribution in [0, 0.1) is 0 Å². The van der Waals surface area contributed by atoms with E-state index in [1.54, 1.807) is 41.3 Å². The minimum absolute atomic E-state index is 0.187. The Morgan fingerprint density at radius 2 is 1.72 bits per heavy atom. The van der Waals surface area contributed by atoms with E-state index in [9.17, 15) is 19.5 Å². The van der Waals surface area contributed by atoms with Gasteiger partial charge in [-0.2, -0.15) is 0 Å². The molecule has 0 saturated carbocycles. The van der Waals surface area contributed by atoms with Gasteiger partial charge in [-0.3, -0.25) is 14.4 Å². The first-order valence-electron chi connectivity index (χ1n) is 12.4. The number of hydrogen-bond donors (Lipinski definition) is 1. The fourth-order valence-electron chi connectivity index (χ4n) is 5.10. The number of carbonyl (C=O) groups excluding carboxylic acids is 3. The van der Waals surface area contributed by atoms with Crippen LogP contribution in [0.4, 0.5) is 5.69 Å². The maximum absolute atomic E-state index is 14.1. The van der Waals surface area contributed by atoms with E-state index in [2.05, 4.69) is 0 Å². The van der Waals surface area contributed by atoms with Gasteiger partial charge >= 0.3 is 0 Å². The summed E-state index contributed by atoms with van der Waals surface area (Å²) in [6.07, 6.45) is 1.42. The number of aliphatic hydroxyl groups is 1. The highest BCUT2D eigenvalue weighted by Gasteiger charge is 2.66. The van der Waals surface area contributed by atoms with Crippen LogP contribution >= 0.6 is 0 Å². The molecule has 1 atom stereocenters. The van der Waals surface area contributed by atoms with Crippen molar-refractivity contribution in [2.45, 2.75) is 32.2 Å². The second-order valence-corrected chi connectivity index (χ2v) is 9.32. The molecule has 36 heavy (non-hydrogen) atoms. The number of hydrogen-bond acceptors (Lipinski definition) is 6. The predicted molar refractivity (Wildman–Crippen MR) is 138 cm³/mol. The zero-order valence-corrected chi connectivity index (χ0v) is 21.3. The van der Waals surface area contributed by atoms with Crippen LogP contribution < -0.4 is 9.64 Å². The standard InChI is InChI=1S/C28H33N3O5/c1-5-18-36-20-14-12-19(13-15-20)24(32)23-25(33)26(34)31(17-9-16-29(3)4)28(23)21-10-7-8-11-22(21)30(6-2)27(28)35/h7-8,10-15,32H,5-6,9,16-18H2,1-4H3/b24-23-. The SMILES string of the molecule is CCCOc1ccc(/C(O)=C2\C(=O)C(=O)N(CCCN(C)C)C23C(=O)N(CC)c2ccccc23)cc1. The molecule has 2 heterocycles. The van der Waals surface area contributed by atoms with Crippen molar-refractivity contribution in [3.8, 4) is 5.75 Å². The van der Waals surface area contributed by atoms with Crippen LogP contribution in [0.2, 0.25) is 0 Å². The first-order chi connectivity index (χ1) is 17.3. The minimum Gasteiger partial charge on any atom is -0.507 e. The lowest BCUT2D eigenvalue weighted by Crippen LogP contribution is -2.52. The van der Waals surface area contributed by atoms with Gasteiger partial charge in [-0.05, 0) is 70.7 Å². The van der Waals surface area contributed by atoms with Crippen molar-refractivity contribution < 1.29 is 24.2 Å². The Morgan fingerprint density at radius 1 is 1.03 bits per heavy atom. The molecule has 8 heteroatoms. The molecule has 2 aliphatic heterocycles. The van der Waals surface area contributed by atoms with Crippen molar-refractivity contribution in [2.24, 2.45) is 0 Å². The summed E-state index contributed by atoms with van der Waals surface area (Å²) < 4.78 is 5.63. The van der Waals surface area contributed by atoms with Gasteiger partial charge in [-0.15, -0.1) is 0 Å². The lowest BCUT2D eigenvalue weighted by molar-refractivity contribution is -0.143. The van der Waals surface area contributed by atoms with E-state index in [1.165, 1.54) is 4.90 Å². The number of ketones is 1. The number of fused-ring (bicyclic) bond motifs is 2. The van der Waals surface area contributed by atoms with Gasteiger partial charge in [0, 0.05) is 24.2 Å². The summed E-state index contributed by atoms with van der Waals surface area (Å²) in [6, 6.07) is 13.9. The highest BCUT2D eigenvalue weighted by molar-refractivity contribution is 6.50. The summed E-state index contributed by atoms with van der Waals surface area (Å²) in [5.74, 6) is -1.78. The zero-order chi connectivity index (χ0) is 26.0. The molecule has 1 spiro atoms. The van der Waals surface area contributed by atoms with Crippen molar-refractivity contribution in [3.05, 3.63) is 65.2 Å². The van der Waals surface area contributed by atoms with Crippen molar-refractivity contribution in [1.29, 1.82) is 0 Å². The van der Waals surface area contributed by atoms with E-state index in [-0.39, 0.29) is 17.9 Å². The van der Waals surface area contributed by atoms with Gasteiger partial charge in [-0.1, -0.05) is 25.1 Å². The molecule has 0 aromatic heterocycles. The molecular weight excluding hydrogens is 458 g/mol. The number of rotatable bonds is 9. The Morgan fingerprint density at radius 3 is 2.36 bits per heavy atom. The van der Waals surface area contributed by atoms with Gasteiger partial charge in [0.2, 0.25) is 0 Å². The van der Waals surface area contributed by atoms with Crippen LogP contribution in [-0.4, -0.2) is 72.8 Å². The summed E-state index contributed by atoms with van der Waals surface area (Å²) in [7, 11) is 3.85. The Balaban J connectivity index is 1.91. The minimum atomic E-state index is -1.71. The zero-order valence-electron chi connectivity index (χ0n) is 21.3. The first kappa shape index (κ1) is 25.4. The summed E-state index contributed by atoms with van der Waals surface area (Å²) in [5.41, 5.74) is -0.393. The normalized spacial score (nSPS) is 20.6. The number of amides is 2. The van der Waals surface area contributed by atoms with Crippen LogP contribution in [0.15, 0.2) is 54.1 Å². The molecule has 2 amide bonds. The van der Waals surface area contributed by atoms with Gasteiger partial charge in [0.1, 0.15) is 11.5 Å². The molecule has 1 saturated heterocycles. The number of aliphatic hydroxyl groups excluding tert-OH is 1. The molecule has 1 fully saturated rings. The Kier molecular flexibility index (Phi) is 7.17. The van der Waals surface area contributed by atoms with E-state index >= 15 is 0 Å². The molecule has 2 aromatic carbocycles. The highest BCUT2D eigenvalue weighted by atomic mass is 16.5. The first-order valence-corrected chi connectivity index (χ1v) is 12.4. The van der Waals surface area contributed by atoms with E-state index in [4.69, 9.17) is 4.74 Å². The summed E-state index contributed by atoms with van der Waals surface area (Å²) in [5, 5.41) is 11.5. The van der Waals surface area contributed by atoms with Gasteiger partial charge in [0.15, 0.2) is 5.54 Å². The second kappa shape index (κ2) is 10.1. The van der Waals surface area contributed by atoms with Crippen LogP contribution in [0.3, 0.4) is 0 Å². The average Bonchev–Trinajstić information content (AvgIpc) is 3.25. The van der Waals surface area contributed by atoms with E-state index < -0.39 is 23.1 Å². The lowest BCUT2D eigenvalue weighted by atomic mass is 9.82. The quantitative estimate of drug-likeness (QED) is 0.329. The summed E-state index contributed by atoms with van der Waals surface area (Å²) >= 11 is 0. The van der Waals surface area contributed by atoms with Crippen LogP contribution in [0.1, 0.15) is 37.8 Å². The van der Waals surface area contributed by atoms with E-state index in [0.29, 0.717) is 48.7 Å². The second-order valence-electron chi connectivity index (χ2n) is 9.32. The molecule has 2 aromatic rings. The van der Waals surface area contributed by atoms with Crippen molar-refractivity contribution in [1.82, 2.24) is 9.80 Å². The molecule has 1 unspecified atom stereocenters. The molecule has 8 nitrogen and oxygen atoms in total. The molecule has 0 aliphatic carbocycles. The topological polar surface area (TPSA) is 90.4 Å². The Hall–Kier alpha value is -3.65. The summed E-state index contributed by atoms with van der Waals surface area (Å²) in [6.45, 7) is 5.65. The maximum Gasteiger partial charge on any atom is 0.296 e. The monoisotopic (exact) mass is 491 g/mol. The molecular formula is C28H33N3O5. The number of benzene rings is 2. The van der Waals surface area contributed by atoms with Crippen LogP contribution in [0.25, 0.3) is 5.76 Å². The fraction of sp³-hybridized carbons (Fsp3) is 0.393. The Labute approximate surface area is 211 Å². The fourth-order valence-corrected chi connectivity index (χ4v) is 5.10. The van der Waals surface area contributed by atoms with E-state index in [1.807, 2.05) is 45.0 Å². The lowest BCUT2D eigenvalue weighted by Gasteiger charge is -2.34. The third-order valence-electron chi connectivity index (χ3n) is 6.71. The number of Topliss-reactive ketones (excluding diaryl/α,β-unsaturated/α-hetero) is 1. The predicted octanol–water partition coefficient (Wildman–Crippen LogP) is 3.37. The van der Waals surface area contributed by atoms with E-state index in [0.717, 1.165) is 6.42 Å². The number of ether oxygens (including phenoxy) is 1. The third kappa shape index (κ3) is 3.95. The van der Waals surface area contributed by atoms with Crippen molar-refractivity contribution in [3.63, 3.8) is 0 Å². The molecule has 0 radical (unpaired) electrons. The number of likely N-dealkylation sites (N-methyl/N-ethyl adjacent to an activating group) is 1.